The van der Waals surface area contributed by atoms with Crippen LogP contribution >= 0.6 is 0 Å². The highest BCUT2D eigenvalue weighted by atomic mass is 19.3. The van der Waals surface area contributed by atoms with Gasteiger partial charge in [0.2, 0.25) is 0 Å². The van der Waals surface area contributed by atoms with E-state index in [2.05, 4.69) is 4.74 Å². The molecular formula is C20H26F2N2O4. The molecule has 0 aliphatic carbocycles. The largest absolute Gasteiger partial charge is 0.444 e. The van der Waals surface area contributed by atoms with Crippen LogP contribution in [0.2, 0.25) is 0 Å². The number of amides is 2. The molecule has 0 N–H and O–H groups in total. The van der Waals surface area contributed by atoms with Crippen LogP contribution in [0.1, 0.15) is 44.0 Å². The molecule has 0 aromatic heterocycles. The SMILES string of the molecule is CC(C)(C)OC(=O)N1CC[C@H]2CN(C(=O)c3cccc(OC(F)F)c3)CC[C@@H]21. The van der Waals surface area contributed by atoms with Crippen molar-refractivity contribution < 1.29 is 27.8 Å². The van der Waals surface area contributed by atoms with Crippen molar-refractivity contribution in [2.75, 3.05) is 19.6 Å². The first-order chi connectivity index (χ1) is 13.1. The molecule has 2 amide bonds. The number of likely N-dealkylation sites (tertiary alicyclic amines) is 2. The van der Waals surface area contributed by atoms with Gasteiger partial charge in [0.1, 0.15) is 11.4 Å². The lowest BCUT2D eigenvalue weighted by molar-refractivity contribution is -0.0499. The number of nitrogens with zero attached hydrogens (tertiary/aromatic N) is 2. The average molecular weight is 396 g/mol. The molecule has 3 rings (SSSR count). The van der Waals surface area contributed by atoms with Gasteiger partial charge < -0.3 is 19.3 Å². The maximum absolute atomic E-state index is 12.8. The molecule has 2 saturated heterocycles. The molecule has 28 heavy (non-hydrogen) atoms. The van der Waals surface area contributed by atoms with Crippen LogP contribution < -0.4 is 4.74 Å². The molecule has 1 aromatic rings. The Labute approximate surface area is 163 Å². The van der Waals surface area contributed by atoms with E-state index in [9.17, 15) is 18.4 Å². The van der Waals surface area contributed by atoms with Gasteiger partial charge in [0.25, 0.3) is 5.91 Å². The molecule has 2 atom stereocenters. The highest BCUT2D eigenvalue weighted by molar-refractivity contribution is 5.94. The van der Waals surface area contributed by atoms with E-state index in [0.717, 1.165) is 6.42 Å². The Morgan fingerprint density at radius 3 is 2.61 bits per heavy atom. The standard InChI is InChI=1S/C20H26F2N2O4/c1-20(2,3)28-19(26)24-10-7-14-12-23(9-8-16(14)24)17(25)13-5-4-6-15(11-13)27-18(21)22/h4-6,11,14,16,18H,7-10,12H2,1-3H3/t14-,16-/m0/s1. The number of hydrogen-bond acceptors (Lipinski definition) is 4. The second kappa shape index (κ2) is 7.93. The van der Waals surface area contributed by atoms with E-state index < -0.39 is 12.2 Å². The van der Waals surface area contributed by atoms with E-state index in [4.69, 9.17) is 4.74 Å². The summed E-state index contributed by atoms with van der Waals surface area (Å²) in [5, 5.41) is 0. The zero-order valence-corrected chi connectivity index (χ0v) is 16.4. The summed E-state index contributed by atoms with van der Waals surface area (Å²) in [5.41, 5.74) is -0.226. The van der Waals surface area contributed by atoms with Crippen LogP contribution in [0.3, 0.4) is 0 Å². The van der Waals surface area contributed by atoms with Crippen molar-refractivity contribution in [3.8, 4) is 5.75 Å². The molecule has 0 radical (unpaired) electrons. The minimum Gasteiger partial charge on any atom is -0.444 e. The van der Waals surface area contributed by atoms with Crippen molar-refractivity contribution in [2.24, 2.45) is 5.92 Å². The van der Waals surface area contributed by atoms with E-state index in [-0.39, 0.29) is 29.7 Å². The molecule has 6 nitrogen and oxygen atoms in total. The maximum Gasteiger partial charge on any atom is 0.410 e. The summed E-state index contributed by atoms with van der Waals surface area (Å²) in [5.74, 6) is -0.0627. The molecular weight excluding hydrogens is 370 g/mol. The van der Waals surface area contributed by atoms with Crippen LogP contribution in [0, 0.1) is 5.92 Å². The summed E-state index contributed by atoms with van der Waals surface area (Å²) >= 11 is 0. The summed E-state index contributed by atoms with van der Waals surface area (Å²) in [6.07, 6.45) is 1.17. The molecule has 2 aliphatic rings. The number of rotatable bonds is 3. The van der Waals surface area contributed by atoms with Crippen LogP contribution in [0.4, 0.5) is 13.6 Å². The van der Waals surface area contributed by atoms with Gasteiger partial charge in [-0.05, 0) is 57.7 Å². The zero-order chi connectivity index (χ0) is 20.5. The predicted molar refractivity (Wildman–Crippen MR) is 98.4 cm³/mol. The van der Waals surface area contributed by atoms with Crippen molar-refractivity contribution in [3.63, 3.8) is 0 Å². The third kappa shape index (κ3) is 4.72. The van der Waals surface area contributed by atoms with Gasteiger partial charge in [-0.2, -0.15) is 8.78 Å². The Hall–Kier alpha value is -2.38. The number of alkyl halides is 2. The smallest absolute Gasteiger partial charge is 0.410 e. The van der Waals surface area contributed by atoms with Gasteiger partial charge in [0, 0.05) is 31.2 Å². The first-order valence-electron chi connectivity index (χ1n) is 9.48. The van der Waals surface area contributed by atoms with E-state index in [1.54, 1.807) is 15.9 Å². The lowest BCUT2D eigenvalue weighted by Crippen LogP contribution is -2.50. The summed E-state index contributed by atoms with van der Waals surface area (Å²) in [4.78, 5) is 28.7. The molecule has 0 spiro atoms. The molecule has 2 aliphatic heterocycles. The van der Waals surface area contributed by atoms with Crippen LogP contribution in [0.15, 0.2) is 24.3 Å². The van der Waals surface area contributed by atoms with Crippen molar-refractivity contribution >= 4 is 12.0 Å². The van der Waals surface area contributed by atoms with Gasteiger partial charge in [-0.3, -0.25) is 4.79 Å². The summed E-state index contributed by atoms with van der Waals surface area (Å²) in [6, 6.07) is 5.91. The van der Waals surface area contributed by atoms with Crippen LogP contribution in [-0.4, -0.2) is 59.7 Å². The van der Waals surface area contributed by atoms with Crippen LogP contribution in [0.25, 0.3) is 0 Å². The number of halogens is 2. The summed E-state index contributed by atoms with van der Waals surface area (Å²) in [7, 11) is 0. The minimum atomic E-state index is -2.93. The fourth-order valence-electron chi connectivity index (χ4n) is 3.90. The van der Waals surface area contributed by atoms with Gasteiger partial charge in [0.05, 0.1) is 0 Å². The van der Waals surface area contributed by atoms with E-state index in [0.29, 0.717) is 31.6 Å². The quantitative estimate of drug-likeness (QED) is 0.781. The van der Waals surface area contributed by atoms with Crippen molar-refractivity contribution in [2.45, 2.75) is 51.9 Å². The van der Waals surface area contributed by atoms with E-state index >= 15 is 0 Å². The summed E-state index contributed by atoms with van der Waals surface area (Å²) in [6.45, 7) is 4.23. The molecule has 2 fully saturated rings. The number of hydrogen-bond donors (Lipinski definition) is 0. The Kier molecular flexibility index (Phi) is 5.76. The lowest BCUT2D eigenvalue weighted by Gasteiger charge is -2.38. The number of carbonyl (C=O) groups is 2. The van der Waals surface area contributed by atoms with Crippen molar-refractivity contribution in [3.05, 3.63) is 29.8 Å². The van der Waals surface area contributed by atoms with Crippen molar-refractivity contribution in [1.82, 2.24) is 9.80 Å². The van der Waals surface area contributed by atoms with Gasteiger partial charge in [-0.15, -0.1) is 0 Å². The number of ether oxygens (including phenoxy) is 2. The second-order valence-electron chi connectivity index (χ2n) is 8.24. The zero-order valence-electron chi connectivity index (χ0n) is 16.4. The van der Waals surface area contributed by atoms with Crippen LogP contribution in [0.5, 0.6) is 5.75 Å². The minimum absolute atomic E-state index is 0.0345. The van der Waals surface area contributed by atoms with E-state index in [1.165, 1.54) is 18.2 Å². The number of carbonyl (C=O) groups excluding carboxylic acids is 2. The second-order valence-corrected chi connectivity index (χ2v) is 8.24. The van der Waals surface area contributed by atoms with Gasteiger partial charge >= 0.3 is 12.7 Å². The Morgan fingerprint density at radius 1 is 1.18 bits per heavy atom. The molecule has 0 unspecified atom stereocenters. The summed E-state index contributed by atoms with van der Waals surface area (Å²) < 4.78 is 34.7. The third-order valence-electron chi connectivity index (χ3n) is 5.06. The average Bonchev–Trinajstić information content (AvgIpc) is 3.02. The maximum atomic E-state index is 12.8. The van der Waals surface area contributed by atoms with Gasteiger partial charge in [-0.1, -0.05) is 6.07 Å². The molecule has 8 heteroatoms. The first kappa shape index (κ1) is 20.4. The molecule has 154 valence electrons. The first-order valence-corrected chi connectivity index (χ1v) is 9.48. The Bertz CT molecular complexity index is 735. The molecule has 1 aromatic carbocycles. The Morgan fingerprint density at radius 2 is 1.93 bits per heavy atom. The lowest BCUT2D eigenvalue weighted by atomic mass is 9.92. The number of piperidine rings is 1. The molecule has 2 heterocycles. The van der Waals surface area contributed by atoms with Crippen molar-refractivity contribution in [1.29, 1.82) is 0 Å². The number of fused-ring (bicyclic) bond motifs is 1. The highest BCUT2D eigenvalue weighted by Crippen LogP contribution is 2.33. The normalized spacial score (nSPS) is 22.2. The predicted octanol–water partition coefficient (Wildman–Crippen LogP) is 3.76. The third-order valence-corrected chi connectivity index (χ3v) is 5.06. The highest BCUT2D eigenvalue weighted by Gasteiger charge is 2.42. The fourth-order valence-corrected chi connectivity index (χ4v) is 3.90. The Balaban J connectivity index is 1.63. The molecule has 0 bridgehead atoms. The van der Waals surface area contributed by atoms with Gasteiger partial charge in [0.15, 0.2) is 0 Å². The topological polar surface area (TPSA) is 59.1 Å². The number of benzene rings is 1. The van der Waals surface area contributed by atoms with Gasteiger partial charge in [-0.25, -0.2) is 4.79 Å². The monoisotopic (exact) mass is 396 g/mol. The van der Waals surface area contributed by atoms with E-state index in [1.807, 2.05) is 20.8 Å². The fraction of sp³-hybridized carbons (Fsp3) is 0.600. The molecule has 0 saturated carbocycles. The van der Waals surface area contributed by atoms with Crippen LogP contribution in [-0.2, 0) is 4.74 Å².